The molecule has 0 aromatic carbocycles. The van der Waals surface area contributed by atoms with E-state index in [0.29, 0.717) is 24.8 Å². The van der Waals surface area contributed by atoms with Crippen molar-refractivity contribution in [1.29, 1.82) is 0 Å². The molecule has 0 aliphatic carbocycles. The second kappa shape index (κ2) is 4.68. The summed E-state index contributed by atoms with van der Waals surface area (Å²) in [5, 5.41) is 6.80. The minimum absolute atomic E-state index is 0.482. The summed E-state index contributed by atoms with van der Waals surface area (Å²) in [6.45, 7) is 0.967. The Morgan fingerprint density at radius 3 is 3.27 bits per heavy atom. The summed E-state index contributed by atoms with van der Waals surface area (Å²) in [6, 6.07) is 0. The highest BCUT2D eigenvalue weighted by Gasteiger charge is 2.08. The molecule has 0 unspecified atom stereocenters. The SMILES string of the molecule is C#CCNCc1nc(-c2cncs2)no1. The average molecular weight is 220 g/mol. The summed E-state index contributed by atoms with van der Waals surface area (Å²) in [4.78, 5) is 9.01. The summed E-state index contributed by atoms with van der Waals surface area (Å²) in [7, 11) is 0. The van der Waals surface area contributed by atoms with E-state index in [1.165, 1.54) is 11.3 Å². The van der Waals surface area contributed by atoms with Crippen LogP contribution in [0.2, 0.25) is 0 Å². The molecule has 0 saturated heterocycles. The monoisotopic (exact) mass is 220 g/mol. The molecule has 2 aromatic rings. The van der Waals surface area contributed by atoms with Crippen LogP contribution in [0.15, 0.2) is 16.2 Å². The Morgan fingerprint density at radius 2 is 2.53 bits per heavy atom. The van der Waals surface area contributed by atoms with E-state index < -0.39 is 0 Å². The van der Waals surface area contributed by atoms with Gasteiger partial charge in [0.05, 0.1) is 23.5 Å². The van der Waals surface area contributed by atoms with Crippen molar-refractivity contribution < 1.29 is 4.52 Å². The van der Waals surface area contributed by atoms with Crippen LogP contribution in [-0.4, -0.2) is 21.7 Å². The number of aromatic nitrogens is 3. The maximum absolute atomic E-state index is 5.09. The van der Waals surface area contributed by atoms with Gasteiger partial charge in [-0.1, -0.05) is 11.1 Å². The summed E-state index contributed by atoms with van der Waals surface area (Å²) in [5.74, 6) is 3.55. The minimum atomic E-state index is 0.482. The van der Waals surface area contributed by atoms with Gasteiger partial charge >= 0.3 is 0 Å². The van der Waals surface area contributed by atoms with Gasteiger partial charge in [0, 0.05) is 6.20 Å². The van der Waals surface area contributed by atoms with Crippen LogP contribution in [0.4, 0.5) is 0 Å². The van der Waals surface area contributed by atoms with Gasteiger partial charge in [-0.25, -0.2) is 0 Å². The molecule has 1 N–H and O–H groups in total. The van der Waals surface area contributed by atoms with Crippen molar-refractivity contribution in [2.24, 2.45) is 0 Å². The first-order valence-electron chi connectivity index (χ1n) is 4.26. The molecule has 6 heteroatoms. The first kappa shape index (κ1) is 9.83. The molecule has 0 radical (unpaired) electrons. The van der Waals surface area contributed by atoms with E-state index >= 15 is 0 Å². The van der Waals surface area contributed by atoms with E-state index in [-0.39, 0.29) is 0 Å². The van der Waals surface area contributed by atoms with Crippen LogP contribution in [0.3, 0.4) is 0 Å². The standard InChI is InChI=1S/C9H8N4OS/c1-2-3-10-5-8-12-9(13-14-8)7-4-11-6-15-7/h1,4,6,10H,3,5H2. The van der Waals surface area contributed by atoms with Crippen molar-refractivity contribution in [3.05, 3.63) is 17.6 Å². The molecule has 0 fully saturated rings. The van der Waals surface area contributed by atoms with Gasteiger partial charge in [0.25, 0.3) is 0 Å². The molecule has 0 aliphatic rings. The molecule has 15 heavy (non-hydrogen) atoms. The van der Waals surface area contributed by atoms with Crippen LogP contribution in [-0.2, 0) is 6.54 Å². The predicted octanol–water partition coefficient (Wildman–Crippen LogP) is 0.916. The van der Waals surface area contributed by atoms with Gasteiger partial charge in [0.15, 0.2) is 0 Å². The summed E-state index contributed by atoms with van der Waals surface area (Å²) >= 11 is 1.47. The Labute approximate surface area is 90.5 Å². The molecule has 5 nitrogen and oxygen atoms in total. The summed E-state index contributed by atoms with van der Waals surface area (Å²) in [5.41, 5.74) is 1.72. The Hall–Kier alpha value is -1.71. The van der Waals surface area contributed by atoms with Crippen LogP contribution in [0, 0.1) is 12.3 Å². The molecular formula is C9H8N4OS. The molecular weight excluding hydrogens is 212 g/mol. The number of thiazole rings is 1. The Bertz CT molecular complexity index is 457. The van der Waals surface area contributed by atoms with Crippen molar-refractivity contribution in [3.8, 4) is 23.0 Å². The normalized spacial score (nSPS) is 10.1. The molecule has 0 aliphatic heterocycles. The lowest BCUT2D eigenvalue weighted by Gasteiger charge is -1.91. The third kappa shape index (κ3) is 2.40. The van der Waals surface area contributed by atoms with Gasteiger partial charge < -0.3 is 4.52 Å². The van der Waals surface area contributed by atoms with Crippen molar-refractivity contribution in [2.45, 2.75) is 6.54 Å². The highest BCUT2D eigenvalue weighted by Crippen LogP contribution is 2.19. The number of rotatable bonds is 4. The molecule has 2 heterocycles. The fourth-order valence-electron chi connectivity index (χ4n) is 0.995. The van der Waals surface area contributed by atoms with E-state index in [0.717, 1.165) is 4.88 Å². The van der Waals surface area contributed by atoms with Crippen LogP contribution in [0.5, 0.6) is 0 Å². The van der Waals surface area contributed by atoms with Gasteiger partial charge in [-0.15, -0.1) is 17.8 Å². The third-order valence-corrected chi connectivity index (χ3v) is 2.39. The number of nitrogens with zero attached hydrogens (tertiary/aromatic N) is 3. The zero-order valence-electron chi connectivity index (χ0n) is 7.80. The van der Waals surface area contributed by atoms with E-state index in [2.05, 4.69) is 26.4 Å². The zero-order valence-corrected chi connectivity index (χ0v) is 8.62. The van der Waals surface area contributed by atoms with Crippen molar-refractivity contribution in [3.63, 3.8) is 0 Å². The van der Waals surface area contributed by atoms with Gasteiger partial charge in [-0.2, -0.15) is 4.98 Å². The first-order chi connectivity index (χ1) is 7.40. The lowest BCUT2D eigenvalue weighted by Crippen LogP contribution is -2.13. The maximum atomic E-state index is 5.09. The van der Waals surface area contributed by atoms with Crippen LogP contribution < -0.4 is 5.32 Å². The molecule has 2 rings (SSSR count). The van der Waals surface area contributed by atoms with E-state index in [1.807, 2.05) is 0 Å². The van der Waals surface area contributed by atoms with E-state index in [9.17, 15) is 0 Å². The smallest absolute Gasteiger partial charge is 0.240 e. The first-order valence-corrected chi connectivity index (χ1v) is 5.13. The molecule has 0 spiro atoms. The molecule has 76 valence electrons. The molecule has 0 saturated carbocycles. The quantitative estimate of drug-likeness (QED) is 0.613. The Morgan fingerprint density at radius 1 is 1.60 bits per heavy atom. The van der Waals surface area contributed by atoms with Gasteiger partial charge in [-0.3, -0.25) is 10.3 Å². The minimum Gasteiger partial charge on any atom is -0.338 e. The topological polar surface area (TPSA) is 63.8 Å². The highest BCUT2D eigenvalue weighted by molar-refractivity contribution is 7.13. The van der Waals surface area contributed by atoms with Crippen LogP contribution in [0.25, 0.3) is 10.7 Å². The average Bonchev–Trinajstić information content (AvgIpc) is 2.87. The van der Waals surface area contributed by atoms with Gasteiger partial charge in [0.2, 0.25) is 11.7 Å². The second-order valence-corrected chi connectivity index (χ2v) is 3.57. The van der Waals surface area contributed by atoms with E-state index in [4.69, 9.17) is 10.9 Å². The maximum Gasteiger partial charge on any atom is 0.240 e. The van der Waals surface area contributed by atoms with Crippen molar-refractivity contribution in [1.82, 2.24) is 20.4 Å². The molecule has 0 bridgehead atoms. The number of hydrogen-bond donors (Lipinski definition) is 1. The van der Waals surface area contributed by atoms with Gasteiger partial charge in [-0.05, 0) is 0 Å². The predicted molar refractivity (Wildman–Crippen MR) is 55.9 cm³/mol. The zero-order chi connectivity index (χ0) is 10.5. The lowest BCUT2D eigenvalue weighted by molar-refractivity contribution is 0.371. The summed E-state index contributed by atoms with van der Waals surface area (Å²) in [6.07, 6.45) is 6.79. The molecule has 0 amide bonds. The number of nitrogens with one attached hydrogen (secondary N) is 1. The van der Waals surface area contributed by atoms with Crippen molar-refractivity contribution >= 4 is 11.3 Å². The largest absolute Gasteiger partial charge is 0.338 e. The lowest BCUT2D eigenvalue weighted by atomic mass is 10.5. The summed E-state index contributed by atoms with van der Waals surface area (Å²) < 4.78 is 5.02. The highest BCUT2D eigenvalue weighted by atomic mass is 32.1. The van der Waals surface area contributed by atoms with Crippen LogP contribution >= 0.6 is 11.3 Å². The number of hydrogen-bond acceptors (Lipinski definition) is 6. The number of terminal acetylenes is 1. The Kier molecular flexibility index (Phi) is 3.07. The molecule has 0 atom stereocenters. The van der Waals surface area contributed by atoms with Gasteiger partial charge in [0.1, 0.15) is 0 Å². The van der Waals surface area contributed by atoms with E-state index in [1.54, 1.807) is 11.7 Å². The third-order valence-electron chi connectivity index (χ3n) is 1.62. The van der Waals surface area contributed by atoms with Crippen molar-refractivity contribution in [2.75, 3.05) is 6.54 Å². The Balaban J connectivity index is 2.02. The fraction of sp³-hybridized carbons (Fsp3) is 0.222. The fourth-order valence-corrected chi connectivity index (χ4v) is 1.54. The van der Waals surface area contributed by atoms with Crippen LogP contribution in [0.1, 0.15) is 5.89 Å². The molecule has 2 aromatic heterocycles. The second-order valence-electron chi connectivity index (χ2n) is 2.69.